The predicted molar refractivity (Wildman–Crippen MR) is 43.7 cm³/mol. The van der Waals surface area contributed by atoms with Crippen LogP contribution in [0.2, 0.25) is 0 Å². The van der Waals surface area contributed by atoms with Crippen molar-refractivity contribution in [2.24, 2.45) is 5.92 Å². The minimum absolute atomic E-state index is 0. The molecule has 0 saturated heterocycles. The summed E-state index contributed by atoms with van der Waals surface area (Å²) >= 11 is 0. The van der Waals surface area contributed by atoms with Crippen LogP contribution in [-0.2, 0) is 16.0 Å². The third-order valence-electron chi connectivity index (χ3n) is 1.85. The van der Waals surface area contributed by atoms with Crippen LogP contribution in [-0.4, -0.2) is 11.9 Å². The van der Waals surface area contributed by atoms with Crippen molar-refractivity contribution in [3.8, 4) is 0 Å². The number of carboxylic acids is 2. The molecule has 0 spiro atoms. The maximum atomic E-state index is 10.4. The van der Waals surface area contributed by atoms with Crippen LogP contribution in [0.3, 0.4) is 0 Å². The summed E-state index contributed by atoms with van der Waals surface area (Å²) < 4.78 is 0. The van der Waals surface area contributed by atoms with E-state index >= 15 is 0 Å². The molecule has 1 aromatic carbocycles. The van der Waals surface area contributed by atoms with Crippen LogP contribution in [0, 0.1) is 5.92 Å². The number of rotatable bonds is 4. The fraction of sp³-hybridized carbons (Fsp3) is 0.200. The Morgan fingerprint density at radius 2 is 1.44 bits per heavy atom. The molecule has 1 aromatic rings. The van der Waals surface area contributed by atoms with Gasteiger partial charge in [0, 0.05) is 5.92 Å². The van der Waals surface area contributed by atoms with Crippen molar-refractivity contribution < 1.29 is 78.9 Å². The van der Waals surface area contributed by atoms with Crippen molar-refractivity contribution in [2.75, 3.05) is 0 Å². The van der Waals surface area contributed by atoms with Gasteiger partial charge in [0.25, 0.3) is 0 Å². The Morgan fingerprint density at radius 1 is 1.00 bits per heavy atom. The van der Waals surface area contributed by atoms with Crippen LogP contribution in [0.15, 0.2) is 30.3 Å². The molecule has 0 atom stereocenters. The van der Waals surface area contributed by atoms with Gasteiger partial charge in [-0.25, -0.2) is 0 Å². The number of carbonyl (C=O) groups excluding carboxylic acids is 2. The molecule has 0 saturated carbocycles. The molecule has 0 aliphatic rings. The van der Waals surface area contributed by atoms with Gasteiger partial charge in [0.15, 0.2) is 0 Å². The second-order valence-corrected chi connectivity index (χ2v) is 2.88. The Morgan fingerprint density at radius 3 is 1.81 bits per heavy atom. The van der Waals surface area contributed by atoms with E-state index in [0.717, 1.165) is 0 Å². The fourth-order valence-corrected chi connectivity index (χ4v) is 1.11. The topological polar surface area (TPSA) is 80.3 Å². The molecule has 1 rings (SSSR count). The van der Waals surface area contributed by atoms with Gasteiger partial charge in [-0.15, -0.1) is 0 Å². The first-order valence-corrected chi connectivity index (χ1v) is 4.07. The molecular formula is C10H8Na2O4. The van der Waals surface area contributed by atoms with E-state index in [1.165, 1.54) is 0 Å². The van der Waals surface area contributed by atoms with Crippen LogP contribution in [0.5, 0.6) is 0 Å². The first kappa shape index (κ1) is 18.5. The van der Waals surface area contributed by atoms with Gasteiger partial charge in [-0.05, 0) is 12.0 Å². The number of benzene rings is 1. The molecule has 0 N–H and O–H groups in total. The average molecular weight is 238 g/mol. The summed E-state index contributed by atoms with van der Waals surface area (Å²) in [5.74, 6) is -4.82. The zero-order chi connectivity index (χ0) is 10.6. The van der Waals surface area contributed by atoms with Gasteiger partial charge in [-0.2, -0.15) is 0 Å². The quantitative estimate of drug-likeness (QED) is 0.385. The third kappa shape index (κ3) is 6.03. The molecule has 0 amide bonds. The van der Waals surface area contributed by atoms with Crippen LogP contribution in [0.1, 0.15) is 5.56 Å². The van der Waals surface area contributed by atoms with E-state index in [2.05, 4.69) is 0 Å². The summed E-state index contributed by atoms with van der Waals surface area (Å²) in [6.45, 7) is 0. The van der Waals surface area contributed by atoms with Crippen LogP contribution in [0.25, 0.3) is 0 Å². The van der Waals surface area contributed by atoms with Crippen molar-refractivity contribution in [3.05, 3.63) is 35.9 Å². The maximum absolute atomic E-state index is 10.4. The number of hydrogen-bond donors (Lipinski definition) is 0. The van der Waals surface area contributed by atoms with E-state index in [-0.39, 0.29) is 65.5 Å². The molecule has 0 heterocycles. The normalized spacial score (nSPS) is 8.81. The zero-order valence-corrected chi connectivity index (χ0v) is 13.3. The largest absolute Gasteiger partial charge is 1.00 e. The maximum Gasteiger partial charge on any atom is 1.00 e. The zero-order valence-electron chi connectivity index (χ0n) is 9.30. The van der Waals surface area contributed by atoms with Crippen molar-refractivity contribution in [2.45, 2.75) is 6.42 Å². The van der Waals surface area contributed by atoms with Crippen LogP contribution >= 0.6 is 0 Å². The standard InChI is InChI=1S/C10H10O4.2Na/c11-9(12)8(10(13)14)6-7-4-2-1-3-5-7;;/h1-5,8H,6H2,(H,11,12)(H,13,14);;/q;2*+1/p-2. The molecule has 0 fully saturated rings. The summed E-state index contributed by atoms with van der Waals surface area (Å²) in [6.07, 6.45) is -0.106. The van der Waals surface area contributed by atoms with Crippen molar-refractivity contribution >= 4 is 11.9 Å². The minimum Gasteiger partial charge on any atom is -0.549 e. The summed E-state index contributed by atoms with van der Waals surface area (Å²) in [5.41, 5.74) is 0.630. The van der Waals surface area contributed by atoms with Crippen LogP contribution in [0.4, 0.5) is 0 Å². The average Bonchev–Trinajstić information content (AvgIpc) is 2.15. The number of aliphatic carboxylic acids is 2. The smallest absolute Gasteiger partial charge is 0.549 e. The summed E-state index contributed by atoms with van der Waals surface area (Å²) in [6, 6.07) is 8.47. The molecule has 4 nitrogen and oxygen atoms in total. The molecular weight excluding hydrogens is 230 g/mol. The van der Waals surface area contributed by atoms with Gasteiger partial charge < -0.3 is 19.8 Å². The second-order valence-electron chi connectivity index (χ2n) is 2.88. The molecule has 0 aromatic heterocycles. The van der Waals surface area contributed by atoms with E-state index in [9.17, 15) is 19.8 Å². The summed E-state index contributed by atoms with van der Waals surface area (Å²) in [5, 5.41) is 20.8. The Bertz CT molecular complexity index is 326. The fourth-order valence-electron chi connectivity index (χ4n) is 1.11. The van der Waals surface area contributed by atoms with Gasteiger partial charge in [0.05, 0.1) is 11.9 Å². The molecule has 0 aliphatic carbocycles. The number of carboxylic acid groups (broad SMARTS) is 2. The van der Waals surface area contributed by atoms with Crippen molar-refractivity contribution in [1.29, 1.82) is 0 Å². The summed E-state index contributed by atoms with van der Waals surface area (Å²) in [7, 11) is 0. The Labute approximate surface area is 138 Å². The Hall–Kier alpha value is 0.160. The van der Waals surface area contributed by atoms with Gasteiger partial charge in [-0.1, -0.05) is 30.3 Å². The Balaban J connectivity index is 0. The monoisotopic (exact) mass is 238 g/mol. The number of hydrogen-bond acceptors (Lipinski definition) is 4. The van der Waals surface area contributed by atoms with E-state index in [1.807, 2.05) is 0 Å². The second kappa shape index (κ2) is 9.22. The first-order chi connectivity index (χ1) is 6.61. The van der Waals surface area contributed by atoms with Crippen LogP contribution < -0.4 is 69.3 Å². The summed E-state index contributed by atoms with van der Waals surface area (Å²) in [4.78, 5) is 20.8. The van der Waals surface area contributed by atoms with E-state index < -0.39 is 17.9 Å². The Kier molecular flexibility index (Phi) is 10.7. The van der Waals surface area contributed by atoms with Crippen molar-refractivity contribution in [1.82, 2.24) is 0 Å². The predicted octanol–water partition coefficient (Wildman–Crippen LogP) is -7.65. The minimum atomic E-state index is -1.62. The van der Waals surface area contributed by atoms with Gasteiger partial charge >= 0.3 is 59.1 Å². The molecule has 16 heavy (non-hydrogen) atoms. The van der Waals surface area contributed by atoms with E-state index in [1.54, 1.807) is 30.3 Å². The van der Waals surface area contributed by atoms with Gasteiger partial charge in [0.2, 0.25) is 0 Å². The third-order valence-corrected chi connectivity index (χ3v) is 1.85. The number of carbonyl (C=O) groups is 2. The first-order valence-electron chi connectivity index (χ1n) is 4.07. The van der Waals surface area contributed by atoms with Crippen molar-refractivity contribution in [3.63, 3.8) is 0 Å². The van der Waals surface area contributed by atoms with Gasteiger partial charge in [0.1, 0.15) is 0 Å². The van der Waals surface area contributed by atoms with E-state index in [4.69, 9.17) is 0 Å². The molecule has 0 radical (unpaired) electrons. The molecule has 0 bridgehead atoms. The van der Waals surface area contributed by atoms with E-state index in [0.29, 0.717) is 5.56 Å². The molecule has 74 valence electrons. The molecule has 6 heteroatoms. The SMILES string of the molecule is O=C([O-])C(Cc1ccccc1)C(=O)[O-].[Na+].[Na+]. The van der Waals surface area contributed by atoms with Gasteiger partial charge in [-0.3, -0.25) is 0 Å². The molecule has 0 aliphatic heterocycles. The molecule has 0 unspecified atom stereocenters.